The maximum Gasteiger partial charge on any atom is 0.0620 e. The van der Waals surface area contributed by atoms with Gasteiger partial charge < -0.3 is 5.11 Å². The van der Waals surface area contributed by atoms with E-state index < -0.39 is 0 Å². The Kier molecular flexibility index (Phi) is 4.84. The van der Waals surface area contributed by atoms with Crippen LogP contribution >= 0.6 is 0 Å². The van der Waals surface area contributed by atoms with Crippen molar-refractivity contribution in [2.75, 3.05) is 0 Å². The van der Waals surface area contributed by atoms with Crippen molar-refractivity contribution >= 4 is 0 Å². The second-order valence-electron chi connectivity index (χ2n) is 6.94. The van der Waals surface area contributed by atoms with Crippen molar-refractivity contribution in [1.29, 1.82) is 0 Å². The standard InChI is InChI=1S/C20H26O/c1-15-7-5-6-8-17(15)14-19(21)13-16-9-11-18(12-10-16)20(2,3)4/h5-12,19,21H,13-14H2,1-4H3. The molecule has 0 aliphatic rings. The number of hydrogen-bond donors (Lipinski definition) is 1. The van der Waals surface area contributed by atoms with E-state index in [0.29, 0.717) is 12.8 Å². The first-order valence-corrected chi connectivity index (χ1v) is 7.68. The van der Waals surface area contributed by atoms with Crippen LogP contribution in [0, 0.1) is 6.92 Å². The number of rotatable bonds is 4. The first-order valence-electron chi connectivity index (χ1n) is 7.68. The second-order valence-corrected chi connectivity index (χ2v) is 6.94. The summed E-state index contributed by atoms with van der Waals surface area (Å²) in [5.41, 5.74) is 5.19. The van der Waals surface area contributed by atoms with E-state index >= 15 is 0 Å². The highest BCUT2D eigenvalue weighted by molar-refractivity contribution is 5.29. The number of aryl methyl sites for hydroxylation is 1. The van der Waals surface area contributed by atoms with Crippen LogP contribution in [0.25, 0.3) is 0 Å². The predicted octanol–water partition coefficient (Wildman–Crippen LogP) is 4.44. The van der Waals surface area contributed by atoms with E-state index in [1.807, 2.05) is 12.1 Å². The molecule has 2 aromatic carbocycles. The summed E-state index contributed by atoms with van der Waals surface area (Å²) >= 11 is 0. The van der Waals surface area contributed by atoms with Crippen LogP contribution in [0.4, 0.5) is 0 Å². The Bertz CT molecular complexity index is 576. The van der Waals surface area contributed by atoms with E-state index in [0.717, 1.165) is 0 Å². The molecule has 0 heterocycles. The zero-order valence-electron chi connectivity index (χ0n) is 13.6. The van der Waals surface area contributed by atoms with Gasteiger partial charge in [-0.05, 0) is 47.4 Å². The van der Waals surface area contributed by atoms with Crippen LogP contribution in [0.1, 0.15) is 43.0 Å². The highest BCUT2D eigenvalue weighted by atomic mass is 16.3. The van der Waals surface area contributed by atoms with E-state index in [1.54, 1.807) is 0 Å². The molecule has 2 rings (SSSR count). The highest BCUT2D eigenvalue weighted by Crippen LogP contribution is 2.22. The molecule has 1 atom stereocenters. The quantitative estimate of drug-likeness (QED) is 0.879. The molecule has 0 bridgehead atoms. The molecular formula is C20H26O. The third kappa shape index (κ3) is 4.44. The summed E-state index contributed by atoms with van der Waals surface area (Å²) < 4.78 is 0. The lowest BCUT2D eigenvalue weighted by molar-refractivity contribution is 0.175. The van der Waals surface area contributed by atoms with Crippen LogP contribution < -0.4 is 0 Å². The summed E-state index contributed by atoms with van der Waals surface area (Å²) in [6.45, 7) is 8.75. The Labute approximate surface area is 128 Å². The van der Waals surface area contributed by atoms with Crippen LogP contribution in [-0.4, -0.2) is 11.2 Å². The lowest BCUT2D eigenvalue weighted by Gasteiger charge is -2.19. The largest absolute Gasteiger partial charge is 0.392 e. The molecule has 1 heteroatoms. The molecule has 1 N–H and O–H groups in total. The Morgan fingerprint density at radius 1 is 0.905 bits per heavy atom. The molecule has 21 heavy (non-hydrogen) atoms. The molecule has 0 saturated carbocycles. The van der Waals surface area contributed by atoms with Gasteiger partial charge in [0.05, 0.1) is 6.10 Å². The molecule has 0 aromatic heterocycles. The molecular weight excluding hydrogens is 256 g/mol. The van der Waals surface area contributed by atoms with Crippen molar-refractivity contribution in [2.24, 2.45) is 0 Å². The van der Waals surface area contributed by atoms with Crippen molar-refractivity contribution in [3.05, 3.63) is 70.8 Å². The van der Waals surface area contributed by atoms with Gasteiger partial charge in [-0.3, -0.25) is 0 Å². The average Bonchev–Trinajstić information content (AvgIpc) is 2.41. The predicted molar refractivity (Wildman–Crippen MR) is 89.7 cm³/mol. The fourth-order valence-corrected chi connectivity index (χ4v) is 2.58. The topological polar surface area (TPSA) is 20.2 Å². The molecule has 0 aliphatic carbocycles. The van der Waals surface area contributed by atoms with Gasteiger partial charge in [-0.25, -0.2) is 0 Å². The minimum Gasteiger partial charge on any atom is -0.392 e. The summed E-state index contributed by atoms with van der Waals surface area (Å²) in [4.78, 5) is 0. The van der Waals surface area contributed by atoms with E-state index in [1.165, 1.54) is 22.3 Å². The zero-order chi connectivity index (χ0) is 15.5. The molecule has 0 spiro atoms. The molecule has 0 fully saturated rings. The summed E-state index contributed by atoms with van der Waals surface area (Å²) in [5.74, 6) is 0. The lowest BCUT2D eigenvalue weighted by atomic mass is 9.86. The van der Waals surface area contributed by atoms with Crippen LogP contribution in [-0.2, 0) is 18.3 Å². The number of benzene rings is 2. The van der Waals surface area contributed by atoms with Gasteiger partial charge in [-0.2, -0.15) is 0 Å². The van der Waals surface area contributed by atoms with E-state index in [2.05, 4.69) is 64.1 Å². The first-order chi connectivity index (χ1) is 9.86. The molecule has 0 saturated heterocycles. The molecule has 0 radical (unpaired) electrons. The molecule has 1 unspecified atom stereocenters. The maximum absolute atomic E-state index is 10.3. The molecule has 112 valence electrons. The number of hydrogen-bond acceptors (Lipinski definition) is 1. The van der Waals surface area contributed by atoms with Gasteiger partial charge >= 0.3 is 0 Å². The van der Waals surface area contributed by atoms with Gasteiger partial charge in [0.2, 0.25) is 0 Å². The van der Waals surface area contributed by atoms with Crippen molar-refractivity contribution < 1.29 is 5.11 Å². The first kappa shape index (κ1) is 15.8. The molecule has 2 aromatic rings. The summed E-state index contributed by atoms with van der Waals surface area (Å²) in [7, 11) is 0. The normalized spacial score (nSPS) is 13.2. The number of aliphatic hydroxyl groups excluding tert-OH is 1. The van der Waals surface area contributed by atoms with Gasteiger partial charge in [-0.1, -0.05) is 69.3 Å². The molecule has 0 amide bonds. The van der Waals surface area contributed by atoms with Crippen LogP contribution in [0.2, 0.25) is 0 Å². The summed E-state index contributed by atoms with van der Waals surface area (Å²) in [6, 6.07) is 16.9. The maximum atomic E-state index is 10.3. The second kappa shape index (κ2) is 6.44. The van der Waals surface area contributed by atoms with Gasteiger partial charge in [0.1, 0.15) is 0 Å². The van der Waals surface area contributed by atoms with Crippen LogP contribution in [0.3, 0.4) is 0 Å². The highest BCUT2D eigenvalue weighted by Gasteiger charge is 2.14. The van der Waals surface area contributed by atoms with Crippen LogP contribution in [0.5, 0.6) is 0 Å². The summed E-state index contributed by atoms with van der Waals surface area (Å²) in [5, 5.41) is 10.3. The van der Waals surface area contributed by atoms with Crippen LogP contribution in [0.15, 0.2) is 48.5 Å². The minimum absolute atomic E-state index is 0.179. The third-order valence-electron chi connectivity index (χ3n) is 4.01. The van der Waals surface area contributed by atoms with E-state index in [-0.39, 0.29) is 11.5 Å². The monoisotopic (exact) mass is 282 g/mol. The fraction of sp³-hybridized carbons (Fsp3) is 0.400. The van der Waals surface area contributed by atoms with Gasteiger partial charge in [0.15, 0.2) is 0 Å². The average molecular weight is 282 g/mol. The fourth-order valence-electron chi connectivity index (χ4n) is 2.58. The van der Waals surface area contributed by atoms with Crippen molar-refractivity contribution in [1.82, 2.24) is 0 Å². The molecule has 1 nitrogen and oxygen atoms in total. The van der Waals surface area contributed by atoms with Crippen molar-refractivity contribution in [3.63, 3.8) is 0 Å². The van der Waals surface area contributed by atoms with Gasteiger partial charge in [0, 0.05) is 0 Å². The zero-order valence-corrected chi connectivity index (χ0v) is 13.6. The van der Waals surface area contributed by atoms with E-state index in [9.17, 15) is 5.11 Å². The summed E-state index contributed by atoms with van der Waals surface area (Å²) in [6.07, 6.45) is 1.10. The Hall–Kier alpha value is -1.60. The van der Waals surface area contributed by atoms with Gasteiger partial charge in [0.25, 0.3) is 0 Å². The van der Waals surface area contributed by atoms with Crippen molar-refractivity contribution in [2.45, 2.75) is 52.1 Å². The van der Waals surface area contributed by atoms with Gasteiger partial charge in [-0.15, -0.1) is 0 Å². The lowest BCUT2D eigenvalue weighted by Crippen LogP contribution is -2.15. The molecule has 0 aliphatic heterocycles. The number of aliphatic hydroxyl groups is 1. The SMILES string of the molecule is Cc1ccccc1CC(O)Cc1ccc(C(C)(C)C)cc1. The van der Waals surface area contributed by atoms with Crippen molar-refractivity contribution in [3.8, 4) is 0 Å². The Balaban J connectivity index is 2.00. The Morgan fingerprint density at radius 2 is 1.52 bits per heavy atom. The minimum atomic E-state index is -0.327. The smallest absolute Gasteiger partial charge is 0.0620 e. The third-order valence-corrected chi connectivity index (χ3v) is 4.01. The van der Waals surface area contributed by atoms with E-state index in [4.69, 9.17) is 0 Å². The Morgan fingerprint density at radius 3 is 2.10 bits per heavy atom.